The molecule has 2 aromatic rings. The van der Waals surface area contributed by atoms with Crippen molar-refractivity contribution in [1.82, 2.24) is 5.32 Å². The van der Waals surface area contributed by atoms with Crippen molar-refractivity contribution in [2.24, 2.45) is 11.8 Å². The van der Waals surface area contributed by atoms with Crippen LogP contribution in [0.5, 0.6) is 0 Å². The minimum atomic E-state index is 0.650. The van der Waals surface area contributed by atoms with Gasteiger partial charge in [0.1, 0.15) is 5.58 Å². The summed E-state index contributed by atoms with van der Waals surface area (Å²) in [5, 5.41) is 4.98. The maximum atomic E-state index is 5.60. The van der Waals surface area contributed by atoms with E-state index in [9.17, 15) is 0 Å². The van der Waals surface area contributed by atoms with Crippen LogP contribution in [-0.2, 0) is 6.54 Å². The van der Waals surface area contributed by atoms with Gasteiger partial charge in [0, 0.05) is 23.5 Å². The molecule has 0 aliphatic heterocycles. The Bertz CT molecular complexity index is 545. The van der Waals surface area contributed by atoms with E-state index in [1.807, 2.05) is 18.4 Å². The molecule has 2 heteroatoms. The molecule has 1 aliphatic rings. The highest BCUT2D eigenvalue weighted by Crippen LogP contribution is 2.30. The first-order chi connectivity index (χ1) is 9.25. The van der Waals surface area contributed by atoms with E-state index in [1.165, 1.54) is 30.2 Å². The van der Waals surface area contributed by atoms with Crippen LogP contribution in [0, 0.1) is 11.8 Å². The van der Waals surface area contributed by atoms with Crippen LogP contribution >= 0.6 is 0 Å². The largest absolute Gasteiger partial charge is 0.464 e. The molecule has 19 heavy (non-hydrogen) atoms. The molecule has 3 unspecified atom stereocenters. The summed E-state index contributed by atoms with van der Waals surface area (Å²) in [5.74, 6) is 1.61. The van der Waals surface area contributed by atoms with E-state index in [4.69, 9.17) is 4.42 Å². The third-order valence-electron chi connectivity index (χ3n) is 4.82. The lowest BCUT2D eigenvalue weighted by atomic mass is 9.78. The summed E-state index contributed by atoms with van der Waals surface area (Å²) >= 11 is 0. The molecule has 0 radical (unpaired) electrons. The number of hydrogen-bond donors (Lipinski definition) is 1. The topological polar surface area (TPSA) is 25.2 Å². The normalized spacial score (nSPS) is 27.8. The first-order valence-electron chi connectivity index (χ1n) is 7.44. The maximum Gasteiger partial charge on any atom is 0.134 e. The number of nitrogens with one attached hydrogen (secondary N) is 1. The van der Waals surface area contributed by atoms with E-state index >= 15 is 0 Å². The molecule has 1 N–H and O–H groups in total. The predicted molar refractivity (Wildman–Crippen MR) is 79.0 cm³/mol. The van der Waals surface area contributed by atoms with Gasteiger partial charge in [-0.1, -0.05) is 44.9 Å². The minimum absolute atomic E-state index is 0.650. The summed E-state index contributed by atoms with van der Waals surface area (Å²) in [7, 11) is 0. The van der Waals surface area contributed by atoms with Gasteiger partial charge in [-0.2, -0.15) is 0 Å². The van der Waals surface area contributed by atoms with Crippen molar-refractivity contribution in [3.8, 4) is 0 Å². The highest BCUT2D eigenvalue weighted by molar-refractivity contribution is 5.80. The fourth-order valence-corrected chi connectivity index (χ4v) is 3.28. The van der Waals surface area contributed by atoms with E-state index in [0.717, 1.165) is 24.0 Å². The van der Waals surface area contributed by atoms with Gasteiger partial charge in [0.2, 0.25) is 0 Å². The van der Waals surface area contributed by atoms with Crippen molar-refractivity contribution in [3.05, 3.63) is 36.1 Å². The van der Waals surface area contributed by atoms with E-state index < -0.39 is 0 Å². The molecule has 3 atom stereocenters. The van der Waals surface area contributed by atoms with Crippen molar-refractivity contribution >= 4 is 11.0 Å². The molecule has 1 heterocycles. The lowest BCUT2D eigenvalue weighted by Gasteiger charge is -2.34. The van der Waals surface area contributed by atoms with Crippen LogP contribution in [0.3, 0.4) is 0 Å². The molecule has 0 amide bonds. The summed E-state index contributed by atoms with van der Waals surface area (Å²) in [6.07, 6.45) is 5.94. The second kappa shape index (κ2) is 5.38. The zero-order valence-electron chi connectivity index (χ0n) is 11.9. The van der Waals surface area contributed by atoms with Crippen molar-refractivity contribution in [2.75, 3.05) is 0 Å². The van der Waals surface area contributed by atoms with Gasteiger partial charge in [0.25, 0.3) is 0 Å². The van der Waals surface area contributed by atoms with E-state index in [-0.39, 0.29) is 0 Å². The van der Waals surface area contributed by atoms with Crippen molar-refractivity contribution in [3.63, 3.8) is 0 Å². The van der Waals surface area contributed by atoms with Gasteiger partial charge in [0.15, 0.2) is 0 Å². The van der Waals surface area contributed by atoms with Gasteiger partial charge in [-0.05, 0) is 24.3 Å². The average Bonchev–Trinajstić information content (AvgIpc) is 2.84. The second-order valence-corrected chi connectivity index (χ2v) is 6.01. The number of hydrogen-bond acceptors (Lipinski definition) is 2. The van der Waals surface area contributed by atoms with Crippen molar-refractivity contribution in [2.45, 2.75) is 45.7 Å². The molecular formula is C17H23NO. The SMILES string of the molecule is CC1CCCC(NCc2coc3ccccc23)C1C. The van der Waals surface area contributed by atoms with Gasteiger partial charge >= 0.3 is 0 Å². The Morgan fingerprint density at radius 1 is 1.21 bits per heavy atom. The Labute approximate surface area is 115 Å². The van der Waals surface area contributed by atoms with Crippen LogP contribution in [-0.4, -0.2) is 6.04 Å². The van der Waals surface area contributed by atoms with E-state index in [2.05, 4.69) is 31.3 Å². The Hall–Kier alpha value is -1.28. The molecule has 1 fully saturated rings. The fourth-order valence-electron chi connectivity index (χ4n) is 3.28. The lowest BCUT2D eigenvalue weighted by Crippen LogP contribution is -2.40. The van der Waals surface area contributed by atoms with Gasteiger partial charge in [-0.3, -0.25) is 0 Å². The van der Waals surface area contributed by atoms with E-state index in [1.54, 1.807) is 0 Å². The van der Waals surface area contributed by atoms with Crippen LogP contribution in [0.1, 0.15) is 38.7 Å². The lowest BCUT2D eigenvalue weighted by molar-refractivity contribution is 0.206. The summed E-state index contributed by atoms with van der Waals surface area (Å²) in [5.41, 5.74) is 2.27. The molecule has 102 valence electrons. The average molecular weight is 257 g/mol. The first-order valence-corrected chi connectivity index (χ1v) is 7.44. The molecule has 1 aliphatic carbocycles. The molecule has 1 aromatic carbocycles. The molecular weight excluding hydrogens is 234 g/mol. The van der Waals surface area contributed by atoms with Crippen molar-refractivity contribution < 1.29 is 4.42 Å². The molecule has 1 aromatic heterocycles. The number of rotatable bonds is 3. The third kappa shape index (κ3) is 2.55. The van der Waals surface area contributed by atoms with Crippen LogP contribution < -0.4 is 5.32 Å². The smallest absolute Gasteiger partial charge is 0.134 e. The van der Waals surface area contributed by atoms with Crippen LogP contribution in [0.25, 0.3) is 11.0 Å². The summed E-state index contributed by atoms with van der Waals surface area (Å²) in [6.45, 7) is 5.68. The Kier molecular flexibility index (Phi) is 3.61. The minimum Gasteiger partial charge on any atom is -0.464 e. The second-order valence-electron chi connectivity index (χ2n) is 6.01. The van der Waals surface area contributed by atoms with Gasteiger partial charge in [-0.15, -0.1) is 0 Å². The standard InChI is InChI=1S/C17H23NO/c1-12-6-5-8-16(13(12)2)18-10-14-11-19-17-9-4-3-7-15(14)17/h3-4,7,9,11-13,16,18H,5-6,8,10H2,1-2H3. The molecule has 2 nitrogen and oxygen atoms in total. The first kappa shape index (κ1) is 12.7. The van der Waals surface area contributed by atoms with Crippen LogP contribution in [0.15, 0.2) is 34.9 Å². The van der Waals surface area contributed by atoms with Gasteiger partial charge in [-0.25, -0.2) is 0 Å². The highest BCUT2D eigenvalue weighted by Gasteiger charge is 2.26. The Balaban J connectivity index is 1.69. The summed E-state index contributed by atoms with van der Waals surface area (Å²) in [6, 6.07) is 8.92. The summed E-state index contributed by atoms with van der Waals surface area (Å²) < 4.78 is 5.60. The highest BCUT2D eigenvalue weighted by atomic mass is 16.3. The van der Waals surface area contributed by atoms with Crippen LogP contribution in [0.4, 0.5) is 0 Å². The zero-order chi connectivity index (χ0) is 13.2. The molecule has 0 spiro atoms. The Morgan fingerprint density at radius 3 is 2.95 bits per heavy atom. The van der Waals surface area contributed by atoms with Gasteiger partial charge < -0.3 is 9.73 Å². The zero-order valence-corrected chi connectivity index (χ0v) is 11.9. The Morgan fingerprint density at radius 2 is 2.05 bits per heavy atom. The third-order valence-corrected chi connectivity index (χ3v) is 4.82. The molecule has 3 rings (SSSR count). The van der Waals surface area contributed by atoms with Crippen molar-refractivity contribution in [1.29, 1.82) is 0 Å². The summed E-state index contributed by atoms with van der Waals surface area (Å²) in [4.78, 5) is 0. The molecule has 0 saturated heterocycles. The molecule has 0 bridgehead atoms. The number of fused-ring (bicyclic) bond motifs is 1. The monoisotopic (exact) mass is 257 g/mol. The quantitative estimate of drug-likeness (QED) is 0.884. The predicted octanol–water partition coefficient (Wildman–Crippen LogP) is 4.35. The van der Waals surface area contributed by atoms with E-state index in [0.29, 0.717) is 6.04 Å². The molecule has 1 saturated carbocycles. The number of para-hydroxylation sites is 1. The maximum absolute atomic E-state index is 5.60. The number of furan rings is 1. The number of benzene rings is 1. The van der Waals surface area contributed by atoms with Gasteiger partial charge in [0.05, 0.1) is 6.26 Å². The van der Waals surface area contributed by atoms with Crippen LogP contribution in [0.2, 0.25) is 0 Å². The fraction of sp³-hybridized carbons (Fsp3) is 0.529.